The third kappa shape index (κ3) is 4.72. The molecule has 2 aromatic rings. The molecule has 28 heavy (non-hydrogen) atoms. The van der Waals surface area contributed by atoms with Crippen LogP contribution in [-0.2, 0) is 11.3 Å². The number of amides is 1. The Bertz CT molecular complexity index is 792. The smallest absolute Gasteiger partial charge is 0.223 e. The molecule has 2 aromatic carbocycles. The van der Waals surface area contributed by atoms with E-state index in [1.165, 1.54) is 29.2 Å². The Labute approximate surface area is 167 Å². The molecule has 1 saturated carbocycles. The molecule has 0 atom stereocenters. The van der Waals surface area contributed by atoms with Crippen LogP contribution in [0.15, 0.2) is 42.5 Å². The number of hydrogen-bond acceptors (Lipinski definition) is 4. The molecule has 1 saturated heterocycles. The van der Waals surface area contributed by atoms with E-state index in [1.54, 1.807) is 0 Å². The Morgan fingerprint density at radius 2 is 1.79 bits per heavy atom. The minimum absolute atomic E-state index is 0.193. The van der Waals surface area contributed by atoms with Crippen LogP contribution < -0.4 is 0 Å². The molecule has 2 aliphatic rings. The highest BCUT2D eigenvalue weighted by atomic mass is 16.3. The summed E-state index contributed by atoms with van der Waals surface area (Å²) in [5.41, 5.74) is 1.36. The predicted molar refractivity (Wildman–Crippen MR) is 112 cm³/mol. The van der Waals surface area contributed by atoms with Gasteiger partial charge in [0.1, 0.15) is 0 Å². The second kappa shape index (κ2) is 9.03. The van der Waals surface area contributed by atoms with Gasteiger partial charge >= 0.3 is 0 Å². The fourth-order valence-electron chi connectivity index (χ4n) is 4.24. The first-order valence-electron chi connectivity index (χ1n) is 10.6. The molecule has 0 bridgehead atoms. The van der Waals surface area contributed by atoms with Gasteiger partial charge in [-0.2, -0.15) is 0 Å². The van der Waals surface area contributed by atoms with Crippen molar-refractivity contribution >= 4 is 16.7 Å². The summed E-state index contributed by atoms with van der Waals surface area (Å²) >= 11 is 0. The zero-order valence-electron chi connectivity index (χ0n) is 16.6. The number of fused-ring (bicyclic) bond motifs is 1. The van der Waals surface area contributed by atoms with Crippen molar-refractivity contribution in [1.29, 1.82) is 0 Å². The third-order valence-electron chi connectivity index (χ3n) is 6.07. The molecule has 5 nitrogen and oxygen atoms in total. The molecule has 1 aliphatic carbocycles. The summed E-state index contributed by atoms with van der Waals surface area (Å²) in [4.78, 5) is 19.4. The molecule has 0 radical (unpaired) electrons. The van der Waals surface area contributed by atoms with E-state index in [1.807, 2.05) is 4.90 Å². The first-order valence-corrected chi connectivity index (χ1v) is 10.6. The summed E-state index contributed by atoms with van der Waals surface area (Å²) in [5, 5.41) is 11.7. The lowest BCUT2D eigenvalue weighted by molar-refractivity contribution is -0.133. The lowest BCUT2D eigenvalue weighted by atomic mass is 10.0. The molecule has 0 aromatic heterocycles. The maximum atomic E-state index is 12.7. The number of rotatable bonds is 8. The minimum atomic E-state index is 0.193. The van der Waals surface area contributed by atoms with Gasteiger partial charge in [0, 0.05) is 58.3 Å². The number of nitrogens with zero attached hydrogens (tertiary/aromatic N) is 3. The van der Waals surface area contributed by atoms with E-state index in [0.717, 1.165) is 39.3 Å². The van der Waals surface area contributed by atoms with Gasteiger partial charge in [-0.3, -0.25) is 14.6 Å². The minimum Gasteiger partial charge on any atom is -0.395 e. The van der Waals surface area contributed by atoms with E-state index in [-0.39, 0.29) is 12.5 Å². The molecular weight excluding hydrogens is 350 g/mol. The summed E-state index contributed by atoms with van der Waals surface area (Å²) in [7, 11) is 0. The Morgan fingerprint density at radius 3 is 2.54 bits per heavy atom. The molecule has 1 N–H and O–H groups in total. The van der Waals surface area contributed by atoms with E-state index in [0.29, 0.717) is 19.0 Å². The molecule has 1 amide bonds. The van der Waals surface area contributed by atoms with Crippen molar-refractivity contribution in [3.8, 4) is 0 Å². The zero-order chi connectivity index (χ0) is 19.3. The molecule has 0 spiro atoms. The van der Waals surface area contributed by atoms with E-state index in [2.05, 4.69) is 52.3 Å². The molecule has 2 fully saturated rings. The van der Waals surface area contributed by atoms with Gasteiger partial charge < -0.3 is 10.0 Å². The average molecular weight is 382 g/mol. The van der Waals surface area contributed by atoms with Crippen LogP contribution in [0.3, 0.4) is 0 Å². The molecule has 4 rings (SSSR count). The number of aliphatic hydroxyl groups is 1. The van der Waals surface area contributed by atoms with Crippen LogP contribution in [-0.4, -0.2) is 77.6 Å². The third-order valence-corrected chi connectivity index (χ3v) is 6.07. The van der Waals surface area contributed by atoms with Crippen molar-refractivity contribution in [2.45, 2.75) is 31.8 Å². The van der Waals surface area contributed by atoms with Crippen LogP contribution >= 0.6 is 0 Å². The first kappa shape index (κ1) is 19.4. The average Bonchev–Trinajstić information content (AvgIpc) is 3.57. The fourth-order valence-corrected chi connectivity index (χ4v) is 4.24. The lowest BCUT2D eigenvalue weighted by Crippen LogP contribution is -2.49. The fraction of sp³-hybridized carbons (Fsp3) is 0.522. The summed E-state index contributed by atoms with van der Waals surface area (Å²) in [5.74, 6) is 0.271. The van der Waals surface area contributed by atoms with Gasteiger partial charge in [0.2, 0.25) is 5.91 Å². The first-order chi connectivity index (χ1) is 13.7. The van der Waals surface area contributed by atoms with Crippen LogP contribution in [0.5, 0.6) is 0 Å². The summed E-state index contributed by atoms with van der Waals surface area (Å²) in [6, 6.07) is 15.7. The van der Waals surface area contributed by atoms with Gasteiger partial charge in [-0.1, -0.05) is 42.5 Å². The van der Waals surface area contributed by atoms with Crippen LogP contribution in [0.4, 0.5) is 0 Å². The van der Waals surface area contributed by atoms with Gasteiger partial charge in [0.15, 0.2) is 0 Å². The normalized spacial score (nSPS) is 18.1. The molecular formula is C23H31N3O2. The Balaban J connectivity index is 1.34. The molecule has 150 valence electrons. The Morgan fingerprint density at radius 1 is 1.04 bits per heavy atom. The van der Waals surface area contributed by atoms with Crippen LogP contribution in [0.2, 0.25) is 0 Å². The van der Waals surface area contributed by atoms with E-state index in [9.17, 15) is 4.79 Å². The quantitative estimate of drug-likeness (QED) is 0.762. The van der Waals surface area contributed by atoms with Crippen molar-refractivity contribution in [2.24, 2.45) is 0 Å². The van der Waals surface area contributed by atoms with E-state index in [4.69, 9.17) is 5.11 Å². The Kier molecular flexibility index (Phi) is 6.25. The highest BCUT2D eigenvalue weighted by Crippen LogP contribution is 2.30. The van der Waals surface area contributed by atoms with Crippen LogP contribution in [0, 0.1) is 0 Å². The number of carbonyl (C=O) groups is 1. The largest absolute Gasteiger partial charge is 0.395 e. The Hall–Kier alpha value is -1.95. The maximum absolute atomic E-state index is 12.7. The van der Waals surface area contributed by atoms with Gasteiger partial charge in [-0.25, -0.2) is 0 Å². The van der Waals surface area contributed by atoms with E-state index < -0.39 is 0 Å². The topological polar surface area (TPSA) is 47.0 Å². The molecule has 1 aliphatic heterocycles. The summed E-state index contributed by atoms with van der Waals surface area (Å²) in [6.45, 7) is 5.97. The second-order valence-electron chi connectivity index (χ2n) is 8.04. The second-order valence-corrected chi connectivity index (χ2v) is 8.04. The van der Waals surface area contributed by atoms with Crippen molar-refractivity contribution in [3.63, 3.8) is 0 Å². The number of β-amino-alcohol motifs (C(OH)–C–C–N with tert-alkyl or cyclic N) is 1. The van der Waals surface area contributed by atoms with Crippen molar-refractivity contribution in [3.05, 3.63) is 48.0 Å². The monoisotopic (exact) mass is 381 g/mol. The van der Waals surface area contributed by atoms with Gasteiger partial charge in [0.05, 0.1) is 6.61 Å². The number of piperazine rings is 1. The van der Waals surface area contributed by atoms with Gasteiger partial charge in [-0.05, 0) is 29.2 Å². The van der Waals surface area contributed by atoms with Gasteiger partial charge in [0.25, 0.3) is 0 Å². The predicted octanol–water partition coefficient (Wildman–Crippen LogP) is 2.33. The highest BCUT2D eigenvalue weighted by molar-refractivity contribution is 5.85. The van der Waals surface area contributed by atoms with Crippen molar-refractivity contribution < 1.29 is 9.90 Å². The molecule has 5 heteroatoms. The van der Waals surface area contributed by atoms with Gasteiger partial charge in [-0.15, -0.1) is 0 Å². The zero-order valence-corrected chi connectivity index (χ0v) is 16.6. The standard InChI is InChI=1S/C23H31N3O2/c27-17-16-24-12-14-25(15-13-24)23(28)10-11-26(21-8-9-21)18-20-6-3-5-19-4-1-2-7-22(19)20/h1-7,21,27H,8-18H2. The molecule has 1 heterocycles. The van der Waals surface area contributed by atoms with Crippen LogP contribution in [0.1, 0.15) is 24.8 Å². The summed E-state index contributed by atoms with van der Waals surface area (Å²) < 4.78 is 0. The van der Waals surface area contributed by atoms with Crippen molar-refractivity contribution in [1.82, 2.24) is 14.7 Å². The van der Waals surface area contributed by atoms with E-state index >= 15 is 0 Å². The SMILES string of the molecule is O=C(CCN(Cc1cccc2ccccc12)C1CC1)N1CCN(CCO)CC1. The number of aliphatic hydroxyl groups excluding tert-OH is 1. The molecule has 0 unspecified atom stereocenters. The van der Waals surface area contributed by atoms with Crippen molar-refractivity contribution in [2.75, 3.05) is 45.9 Å². The highest BCUT2D eigenvalue weighted by Gasteiger charge is 2.30. The summed E-state index contributed by atoms with van der Waals surface area (Å²) in [6.07, 6.45) is 3.10. The lowest BCUT2D eigenvalue weighted by Gasteiger charge is -2.35. The number of benzene rings is 2. The maximum Gasteiger partial charge on any atom is 0.223 e. The van der Waals surface area contributed by atoms with Crippen LogP contribution in [0.25, 0.3) is 10.8 Å². The number of hydrogen-bond donors (Lipinski definition) is 1. The number of carbonyl (C=O) groups excluding carboxylic acids is 1.